The molecule has 4 nitrogen and oxygen atoms in total. The molecule has 94 valence electrons. The standard InChI is InChI=1S/C15H13N3O/c1-10-7-13(17-15(9-19)16-10)12-8-18(2)14-6-4-3-5-11(12)14/h3-9H,1-2H3. The molecule has 0 spiro atoms. The molecule has 2 heterocycles. The summed E-state index contributed by atoms with van der Waals surface area (Å²) in [7, 11) is 2.00. The van der Waals surface area contributed by atoms with Crippen molar-refractivity contribution in [3.05, 3.63) is 48.0 Å². The van der Waals surface area contributed by atoms with Gasteiger partial charge in [-0.1, -0.05) is 18.2 Å². The molecule has 0 fully saturated rings. The van der Waals surface area contributed by atoms with Crippen molar-refractivity contribution >= 4 is 17.2 Å². The SMILES string of the molecule is Cc1cc(-c2cn(C)c3ccccc23)nc(C=O)n1. The van der Waals surface area contributed by atoms with E-state index >= 15 is 0 Å². The molecule has 0 unspecified atom stereocenters. The van der Waals surface area contributed by atoms with Crippen molar-refractivity contribution < 1.29 is 4.79 Å². The minimum absolute atomic E-state index is 0.225. The Morgan fingerprint density at radius 2 is 2.00 bits per heavy atom. The molecule has 4 heteroatoms. The highest BCUT2D eigenvalue weighted by atomic mass is 16.1. The van der Waals surface area contributed by atoms with Crippen LogP contribution in [0.4, 0.5) is 0 Å². The molecule has 0 radical (unpaired) electrons. The maximum Gasteiger partial charge on any atom is 0.193 e. The van der Waals surface area contributed by atoms with Gasteiger partial charge < -0.3 is 4.57 Å². The van der Waals surface area contributed by atoms with Crippen molar-refractivity contribution in [1.29, 1.82) is 0 Å². The van der Waals surface area contributed by atoms with Crippen LogP contribution in [0.5, 0.6) is 0 Å². The fourth-order valence-electron chi connectivity index (χ4n) is 2.33. The van der Waals surface area contributed by atoms with Gasteiger partial charge in [-0.25, -0.2) is 9.97 Å². The quantitative estimate of drug-likeness (QED) is 0.658. The Balaban J connectivity index is 2.30. The van der Waals surface area contributed by atoms with Crippen molar-refractivity contribution in [2.75, 3.05) is 0 Å². The third-order valence-corrected chi connectivity index (χ3v) is 3.15. The van der Waals surface area contributed by atoms with Crippen molar-refractivity contribution in [3.63, 3.8) is 0 Å². The number of aryl methyl sites for hydroxylation is 2. The van der Waals surface area contributed by atoms with Crippen LogP contribution in [0, 0.1) is 6.92 Å². The van der Waals surface area contributed by atoms with E-state index in [0.717, 1.165) is 27.9 Å². The average molecular weight is 251 g/mol. The van der Waals surface area contributed by atoms with E-state index in [2.05, 4.69) is 26.7 Å². The summed E-state index contributed by atoms with van der Waals surface area (Å²) in [6, 6.07) is 10.0. The van der Waals surface area contributed by atoms with Gasteiger partial charge in [-0.05, 0) is 19.1 Å². The van der Waals surface area contributed by atoms with E-state index in [9.17, 15) is 4.79 Å². The zero-order chi connectivity index (χ0) is 13.4. The van der Waals surface area contributed by atoms with E-state index in [0.29, 0.717) is 6.29 Å². The zero-order valence-corrected chi connectivity index (χ0v) is 10.8. The Bertz CT molecular complexity index is 774. The molecular weight excluding hydrogens is 238 g/mol. The maximum atomic E-state index is 10.9. The summed E-state index contributed by atoms with van der Waals surface area (Å²) in [4.78, 5) is 19.3. The fourth-order valence-corrected chi connectivity index (χ4v) is 2.33. The number of rotatable bonds is 2. The van der Waals surface area contributed by atoms with Crippen LogP contribution >= 0.6 is 0 Å². The van der Waals surface area contributed by atoms with Crippen molar-refractivity contribution in [1.82, 2.24) is 14.5 Å². The Morgan fingerprint density at radius 3 is 2.79 bits per heavy atom. The molecule has 0 saturated heterocycles. The second-order valence-electron chi connectivity index (χ2n) is 4.54. The minimum Gasteiger partial charge on any atom is -0.350 e. The number of benzene rings is 1. The number of carbonyl (C=O) groups is 1. The summed E-state index contributed by atoms with van der Waals surface area (Å²) in [5.41, 5.74) is 3.74. The molecule has 0 amide bonds. The molecule has 3 rings (SSSR count). The molecule has 19 heavy (non-hydrogen) atoms. The van der Waals surface area contributed by atoms with Crippen LogP contribution in [0.1, 0.15) is 16.3 Å². The van der Waals surface area contributed by atoms with Crippen molar-refractivity contribution in [2.24, 2.45) is 7.05 Å². The van der Waals surface area contributed by atoms with E-state index in [1.165, 1.54) is 0 Å². The monoisotopic (exact) mass is 251 g/mol. The van der Waals surface area contributed by atoms with Gasteiger partial charge in [0, 0.05) is 35.4 Å². The number of aldehydes is 1. The topological polar surface area (TPSA) is 47.8 Å². The highest BCUT2D eigenvalue weighted by Crippen LogP contribution is 2.28. The predicted octanol–water partition coefficient (Wildman–Crippen LogP) is 2.76. The number of aromatic nitrogens is 3. The normalized spacial score (nSPS) is 10.8. The van der Waals surface area contributed by atoms with Gasteiger partial charge >= 0.3 is 0 Å². The van der Waals surface area contributed by atoms with Crippen molar-refractivity contribution in [3.8, 4) is 11.3 Å². The van der Waals surface area contributed by atoms with Gasteiger partial charge in [0.2, 0.25) is 0 Å². The maximum absolute atomic E-state index is 10.9. The molecule has 0 aliphatic carbocycles. The van der Waals surface area contributed by atoms with E-state index in [1.807, 2.05) is 38.4 Å². The highest BCUT2D eigenvalue weighted by Gasteiger charge is 2.11. The van der Waals surface area contributed by atoms with Gasteiger partial charge in [0.25, 0.3) is 0 Å². The molecule has 0 N–H and O–H groups in total. The fraction of sp³-hybridized carbons (Fsp3) is 0.133. The first-order chi connectivity index (χ1) is 9.19. The summed E-state index contributed by atoms with van der Waals surface area (Å²) < 4.78 is 2.06. The molecule has 2 aromatic heterocycles. The Hall–Kier alpha value is -2.49. The highest BCUT2D eigenvalue weighted by molar-refractivity contribution is 5.95. The Kier molecular flexibility index (Phi) is 2.63. The lowest BCUT2D eigenvalue weighted by molar-refractivity contribution is 0.111. The lowest BCUT2D eigenvalue weighted by atomic mass is 10.1. The first-order valence-corrected chi connectivity index (χ1v) is 6.04. The molecule has 0 saturated carbocycles. The summed E-state index contributed by atoms with van der Waals surface area (Å²) in [6.07, 6.45) is 2.71. The smallest absolute Gasteiger partial charge is 0.193 e. The number of carbonyl (C=O) groups excluding carboxylic acids is 1. The summed E-state index contributed by atoms with van der Waals surface area (Å²) in [5, 5.41) is 1.12. The van der Waals surface area contributed by atoms with Crippen LogP contribution < -0.4 is 0 Å². The van der Waals surface area contributed by atoms with Gasteiger partial charge in [-0.15, -0.1) is 0 Å². The van der Waals surface area contributed by atoms with Crippen LogP contribution in [0.15, 0.2) is 36.5 Å². The largest absolute Gasteiger partial charge is 0.350 e. The lowest BCUT2D eigenvalue weighted by Crippen LogP contribution is -1.97. The second-order valence-corrected chi connectivity index (χ2v) is 4.54. The summed E-state index contributed by atoms with van der Waals surface area (Å²) in [5.74, 6) is 0.225. The van der Waals surface area contributed by atoms with Crippen molar-refractivity contribution in [2.45, 2.75) is 6.92 Å². The van der Waals surface area contributed by atoms with Crippen LogP contribution in [-0.2, 0) is 7.05 Å². The Morgan fingerprint density at radius 1 is 1.21 bits per heavy atom. The number of hydrogen-bond acceptors (Lipinski definition) is 3. The predicted molar refractivity (Wildman–Crippen MR) is 74.1 cm³/mol. The van der Waals surface area contributed by atoms with E-state index in [4.69, 9.17) is 0 Å². The van der Waals surface area contributed by atoms with Crippen LogP contribution in [-0.4, -0.2) is 20.8 Å². The molecule has 0 atom stereocenters. The second kappa shape index (κ2) is 4.31. The first-order valence-electron chi connectivity index (χ1n) is 6.04. The third-order valence-electron chi connectivity index (χ3n) is 3.15. The van der Waals surface area contributed by atoms with E-state index in [1.54, 1.807) is 0 Å². The molecule has 0 aliphatic heterocycles. The number of fused-ring (bicyclic) bond motifs is 1. The Labute approximate surface area is 110 Å². The number of hydrogen-bond donors (Lipinski definition) is 0. The lowest BCUT2D eigenvalue weighted by Gasteiger charge is -2.01. The zero-order valence-electron chi connectivity index (χ0n) is 10.8. The van der Waals surface area contributed by atoms with Crippen LogP contribution in [0.2, 0.25) is 0 Å². The molecule has 0 bridgehead atoms. The van der Waals surface area contributed by atoms with Gasteiger partial charge in [0.15, 0.2) is 12.1 Å². The van der Waals surface area contributed by atoms with Gasteiger partial charge in [0.1, 0.15) is 0 Å². The van der Waals surface area contributed by atoms with Crippen LogP contribution in [0.3, 0.4) is 0 Å². The van der Waals surface area contributed by atoms with E-state index < -0.39 is 0 Å². The van der Waals surface area contributed by atoms with Gasteiger partial charge in [-0.2, -0.15) is 0 Å². The molecule has 1 aromatic carbocycles. The molecule has 3 aromatic rings. The summed E-state index contributed by atoms with van der Waals surface area (Å²) in [6.45, 7) is 1.86. The van der Waals surface area contributed by atoms with Gasteiger partial charge in [-0.3, -0.25) is 4.79 Å². The summed E-state index contributed by atoms with van der Waals surface area (Å²) >= 11 is 0. The van der Waals surface area contributed by atoms with Crippen LogP contribution in [0.25, 0.3) is 22.2 Å². The molecular formula is C15H13N3O. The third kappa shape index (κ3) is 1.91. The number of nitrogens with zero attached hydrogens (tertiary/aromatic N) is 3. The van der Waals surface area contributed by atoms with E-state index in [-0.39, 0.29) is 5.82 Å². The minimum atomic E-state index is 0.225. The first kappa shape index (κ1) is 11.6. The average Bonchev–Trinajstić information content (AvgIpc) is 2.76. The van der Waals surface area contributed by atoms with Gasteiger partial charge in [0.05, 0.1) is 5.69 Å². The number of para-hydroxylation sites is 1. The molecule has 0 aliphatic rings.